The van der Waals surface area contributed by atoms with E-state index in [-0.39, 0.29) is 25.5 Å². The molecule has 2 aliphatic rings. The van der Waals surface area contributed by atoms with E-state index in [0.29, 0.717) is 17.1 Å². The van der Waals surface area contributed by atoms with Crippen molar-refractivity contribution in [3.05, 3.63) is 46.8 Å². The average molecular weight is 425 g/mol. The van der Waals surface area contributed by atoms with Crippen molar-refractivity contribution in [2.75, 3.05) is 13.3 Å². The third kappa shape index (κ3) is 3.66. The summed E-state index contributed by atoms with van der Waals surface area (Å²) in [5, 5.41) is 2.76. The molecule has 1 N–H and O–H groups in total. The summed E-state index contributed by atoms with van der Waals surface area (Å²) >= 11 is 0. The Balaban J connectivity index is 1.50. The van der Waals surface area contributed by atoms with Crippen molar-refractivity contribution in [1.82, 2.24) is 14.8 Å². The lowest BCUT2D eigenvalue weighted by molar-refractivity contribution is -0.130. The second kappa shape index (κ2) is 7.76. The first kappa shape index (κ1) is 21.0. The lowest BCUT2D eigenvalue weighted by atomic mass is 9.92. The first-order valence-electron chi connectivity index (χ1n) is 10.5. The van der Waals surface area contributed by atoms with Gasteiger partial charge >= 0.3 is 6.03 Å². The number of fused-ring (bicyclic) bond motifs is 1. The number of ether oxygens (including phenoxy) is 2. The maximum absolute atomic E-state index is 13.1. The Kier molecular flexibility index (Phi) is 5.24. The van der Waals surface area contributed by atoms with Crippen molar-refractivity contribution in [2.45, 2.75) is 52.6 Å². The number of amides is 3. The first-order chi connectivity index (χ1) is 14.7. The minimum atomic E-state index is -1.13. The van der Waals surface area contributed by atoms with Crippen LogP contribution in [0, 0.1) is 13.8 Å². The number of benzene rings is 1. The Bertz CT molecular complexity index is 1070. The molecule has 1 fully saturated rings. The monoisotopic (exact) mass is 425 g/mol. The summed E-state index contributed by atoms with van der Waals surface area (Å²) in [6.45, 7) is 8.31. The van der Waals surface area contributed by atoms with Crippen LogP contribution in [0.25, 0.3) is 0 Å². The summed E-state index contributed by atoms with van der Waals surface area (Å²) in [6.07, 6.45) is 1.24. The number of hydrogen-bond acceptors (Lipinski definition) is 5. The molecule has 4 rings (SSSR count). The van der Waals surface area contributed by atoms with E-state index in [9.17, 15) is 14.4 Å². The van der Waals surface area contributed by atoms with Crippen molar-refractivity contribution in [3.8, 4) is 11.5 Å². The molecule has 0 aliphatic carbocycles. The van der Waals surface area contributed by atoms with Crippen LogP contribution in [0.3, 0.4) is 0 Å². The molecule has 3 amide bonds. The molecule has 0 saturated carbocycles. The summed E-state index contributed by atoms with van der Waals surface area (Å²) in [5.41, 5.74) is 2.10. The van der Waals surface area contributed by atoms with Crippen LogP contribution in [-0.4, -0.2) is 46.1 Å². The van der Waals surface area contributed by atoms with E-state index in [1.807, 2.05) is 32.0 Å². The molecule has 31 heavy (non-hydrogen) atoms. The molecule has 0 bridgehead atoms. The summed E-state index contributed by atoms with van der Waals surface area (Å²) in [6, 6.07) is 6.72. The lowest BCUT2D eigenvalue weighted by Crippen LogP contribution is -2.46. The van der Waals surface area contributed by atoms with Crippen LogP contribution in [0.2, 0.25) is 0 Å². The van der Waals surface area contributed by atoms with Crippen molar-refractivity contribution in [3.63, 3.8) is 0 Å². The first-order valence-corrected chi connectivity index (χ1v) is 10.5. The molecule has 0 unspecified atom stereocenters. The third-order valence-electron chi connectivity index (χ3n) is 5.96. The topological polar surface area (TPSA) is 89.9 Å². The molecule has 164 valence electrons. The standard InChI is InChI=1S/C23H27N3O5/c1-5-8-25-14(2)9-17(15(25)3)18(27)12-26-21(28)23(4,24-22(26)29)11-16-6-7-19-20(10-16)31-13-30-19/h6-7,9-10H,5,8,11-13H2,1-4H3,(H,24,29)/t23-/m0/s1. The van der Waals surface area contributed by atoms with Crippen LogP contribution in [0.1, 0.15) is 47.6 Å². The molecule has 0 spiro atoms. The fourth-order valence-corrected chi connectivity index (χ4v) is 4.35. The van der Waals surface area contributed by atoms with Gasteiger partial charge in [-0.2, -0.15) is 0 Å². The van der Waals surface area contributed by atoms with Gasteiger partial charge < -0.3 is 19.4 Å². The quantitative estimate of drug-likeness (QED) is 0.544. The highest BCUT2D eigenvalue weighted by Gasteiger charge is 2.48. The second-order valence-corrected chi connectivity index (χ2v) is 8.38. The highest BCUT2D eigenvalue weighted by molar-refractivity contribution is 6.11. The SMILES string of the molecule is CCCn1c(C)cc(C(=O)CN2C(=O)N[C@@](C)(Cc3ccc4c(c3)OCO4)C2=O)c1C. The van der Waals surface area contributed by atoms with Gasteiger partial charge in [0.1, 0.15) is 5.54 Å². The molecule has 2 aliphatic heterocycles. The normalized spacial score (nSPS) is 19.8. The van der Waals surface area contributed by atoms with Crippen molar-refractivity contribution in [1.29, 1.82) is 0 Å². The van der Waals surface area contributed by atoms with Crippen LogP contribution >= 0.6 is 0 Å². The van der Waals surface area contributed by atoms with E-state index >= 15 is 0 Å². The Labute approximate surface area is 181 Å². The Morgan fingerprint density at radius 2 is 1.90 bits per heavy atom. The lowest BCUT2D eigenvalue weighted by Gasteiger charge is -2.21. The van der Waals surface area contributed by atoms with Crippen molar-refractivity contribution < 1.29 is 23.9 Å². The maximum Gasteiger partial charge on any atom is 0.325 e. The molecule has 8 heteroatoms. The number of imide groups is 1. The fourth-order valence-electron chi connectivity index (χ4n) is 4.35. The van der Waals surface area contributed by atoms with Crippen LogP contribution < -0.4 is 14.8 Å². The predicted molar refractivity (Wildman–Crippen MR) is 113 cm³/mol. The predicted octanol–water partition coefficient (Wildman–Crippen LogP) is 2.98. The number of nitrogens with one attached hydrogen (secondary N) is 1. The van der Waals surface area contributed by atoms with Gasteiger partial charge in [-0.1, -0.05) is 13.0 Å². The number of hydrogen-bond donors (Lipinski definition) is 1. The zero-order valence-electron chi connectivity index (χ0n) is 18.3. The van der Waals surface area contributed by atoms with E-state index in [1.54, 1.807) is 13.0 Å². The van der Waals surface area contributed by atoms with E-state index in [1.165, 1.54) is 0 Å². The van der Waals surface area contributed by atoms with Gasteiger partial charge in [-0.25, -0.2) is 4.79 Å². The molecule has 3 heterocycles. The summed E-state index contributed by atoms with van der Waals surface area (Å²) in [5.74, 6) is 0.619. The van der Waals surface area contributed by atoms with Gasteiger partial charge in [0.15, 0.2) is 17.3 Å². The zero-order chi connectivity index (χ0) is 22.3. The Hall–Kier alpha value is -3.29. The van der Waals surface area contributed by atoms with Gasteiger partial charge in [0.25, 0.3) is 5.91 Å². The molecule has 1 aromatic heterocycles. The average Bonchev–Trinajstić information content (AvgIpc) is 3.35. The molecular weight excluding hydrogens is 398 g/mol. The van der Waals surface area contributed by atoms with E-state index in [0.717, 1.165) is 34.8 Å². The third-order valence-corrected chi connectivity index (χ3v) is 5.96. The fraction of sp³-hybridized carbons (Fsp3) is 0.435. The number of carbonyl (C=O) groups is 3. The number of nitrogens with zero attached hydrogens (tertiary/aromatic N) is 2. The van der Waals surface area contributed by atoms with E-state index < -0.39 is 17.5 Å². The molecule has 2 aromatic rings. The van der Waals surface area contributed by atoms with Gasteiger partial charge in [0.05, 0.1) is 6.54 Å². The van der Waals surface area contributed by atoms with E-state index in [4.69, 9.17) is 9.47 Å². The van der Waals surface area contributed by atoms with Gasteiger partial charge in [-0.05, 0) is 51.0 Å². The highest BCUT2D eigenvalue weighted by atomic mass is 16.7. The second-order valence-electron chi connectivity index (χ2n) is 8.38. The van der Waals surface area contributed by atoms with Gasteiger partial charge in [-0.3, -0.25) is 14.5 Å². The number of rotatable bonds is 7. The Morgan fingerprint density at radius 1 is 1.16 bits per heavy atom. The van der Waals surface area contributed by atoms with Crippen molar-refractivity contribution in [2.24, 2.45) is 0 Å². The van der Waals surface area contributed by atoms with E-state index in [2.05, 4.69) is 16.8 Å². The molecule has 8 nitrogen and oxygen atoms in total. The molecule has 1 atom stereocenters. The molecule has 1 saturated heterocycles. The van der Waals surface area contributed by atoms with Crippen LogP contribution in [0.4, 0.5) is 4.79 Å². The minimum absolute atomic E-state index is 0.167. The summed E-state index contributed by atoms with van der Waals surface area (Å²) in [4.78, 5) is 39.7. The summed E-state index contributed by atoms with van der Waals surface area (Å²) in [7, 11) is 0. The number of ketones is 1. The van der Waals surface area contributed by atoms with Gasteiger partial charge in [0.2, 0.25) is 6.79 Å². The summed E-state index contributed by atoms with van der Waals surface area (Å²) < 4.78 is 12.8. The zero-order valence-corrected chi connectivity index (χ0v) is 18.3. The number of Topliss-reactive ketones (excluding diaryl/α,β-unsaturated/α-hetero) is 1. The number of aryl methyl sites for hydroxylation is 1. The Morgan fingerprint density at radius 3 is 2.65 bits per heavy atom. The van der Waals surface area contributed by atoms with Crippen LogP contribution in [0.5, 0.6) is 11.5 Å². The van der Waals surface area contributed by atoms with Crippen LogP contribution in [0.15, 0.2) is 24.3 Å². The highest BCUT2D eigenvalue weighted by Crippen LogP contribution is 2.34. The number of aromatic nitrogens is 1. The maximum atomic E-state index is 13.1. The number of urea groups is 1. The minimum Gasteiger partial charge on any atom is -0.454 e. The molecule has 1 aromatic carbocycles. The number of carbonyl (C=O) groups excluding carboxylic acids is 3. The molecule has 0 radical (unpaired) electrons. The van der Waals surface area contributed by atoms with Crippen LogP contribution in [-0.2, 0) is 17.8 Å². The molecular formula is C23H27N3O5. The smallest absolute Gasteiger partial charge is 0.325 e. The largest absolute Gasteiger partial charge is 0.454 e. The van der Waals surface area contributed by atoms with Crippen molar-refractivity contribution >= 4 is 17.7 Å². The van der Waals surface area contributed by atoms with Gasteiger partial charge in [0, 0.05) is 29.9 Å². The van der Waals surface area contributed by atoms with Gasteiger partial charge in [-0.15, -0.1) is 0 Å².